The van der Waals surface area contributed by atoms with Crippen LogP contribution in [0.25, 0.3) is 0 Å². The molecule has 1 aliphatic rings. The first-order valence-electron chi connectivity index (χ1n) is 6.97. The number of allylic oxidation sites excluding steroid dienone is 2. The molecule has 2 N–H and O–H groups in total. The molecule has 0 spiro atoms. The molecule has 2 rings (SSSR count). The highest BCUT2D eigenvalue weighted by molar-refractivity contribution is 5.96. The summed E-state index contributed by atoms with van der Waals surface area (Å²) in [6.07, 6.45) is 4.42. The number of ether oxygens (including phenoxy) is 2. The molecule has 0 aliphatic heterocycles. The number of hydrogen-bond donors (Lipinski definition) is 2. The Morgan fingerprint density at radius 2 is 1.82 bits per heavy atom. The van der Waals surface area contributed by atoms with E-state index in [-0.39, 0.29) is 5.91 Å². The number of benzene rings is 1. The quantitative estimate of drug-likeness (QED) is 0.815. The standard InChI is InChI=1S/C16H19NO5/c1-21-10-7-8-14(22-2)13(9-10)17-15(18)11-5-3-4-6-12(11)16(19)20/h3-4,7-9,11-12H,5-6H2,1-2H3,(H,17,18)(H,19,20)/t11-,12-/m0/s1. The van der Waals surface area contributed by atoms with Gasteiger partial charge in [-0.05, 0) is 25.0 Å². The van der Waals surface area contributed by atoms with Crippen LogP contribution < -0.4 is 14.8 Å². The lowest BCUT2D eigenvalue weighted by molar-refractivity contribution is -0.146. The number of aliphatic carboxylic acids is 1. The number of carboxylic acid groups (broad SMARTS) is 1. The number of rotatable bonds is 5. The number of nitrogens with one attached hydrogen (secondary N) is 1. The van der Waals surface area contributed by atoms with Gasteiger partial charge in [0.2, 0.25) is 5.91 Å². The number of hydrogen-bond acceptors (Lipinski definition) is 4. The monoisotopic (exact) mass is 305 g/mol. The fourth-order valence-corrected chi connectivity index (χ4v) is 2.51. The van der Waals surface area contributed by atoms with E-state index in [2.05, 4.69) is 5.32 Å². The third-order valence-corrected chi connectivity index (χ3v) is 3.75. The summed E-state index contributed by atoms with van der Waals surface area (Å²) in [7, 11) is 3.03. The predicted molar refractivity (Wildman–Crippen MR) is 81.2 cm³/mol. The van der Waals surface area contributed by atoms with Gasteiger partial charge in [-0.3, -0.25) is 9.59 Å². The average molecular weight is 305 g/mol. The summed E-state index contributed by atoms with van der Waals surface area (Å²) in [5.74, 6) is -1.52. The molecule has 6 nitrogen and oxygen atoms in total. The topological polar surface area (TPSA) is 84.9 Å². The van der Waals surface area contributed by atoms with Crippen molar-refractivity contribution in [3.63, 3.8) is 0 Å². The summed E-state index contributed by atoms with van der Waals surface area (Å²) in [6, 6.07) is 5.05. The first-order valence-corrected chi connectivity index (χ1v) is 6.97. The van der Waals surface area contributed by atoms with Crippen molar-refractivity contribution in [1.82, 2.24) is 0 Å². The van der Waals surface area contributed by atoms with Crippen molar-refractivity contribution >= 4 is 17.6 Å². The second-order valence-corrected chi connectivity index (χ2v) is 5.05. The lowest BCUT2D eigenvalue weighted by Gasteiger charge is -2.24. The zero-order chi connectivity index (χ0) is 16.1. The van der Waals surface area contributed by atoms with Gasteiger partial charge in [-0.25, -0.2) is 0 Å². The Kier molecular flexibility index (Phi) is 5.04. The van der Waals surface area contributed by atoms with E-state index in [1.807, 2.05) is 6.08 Å². The second-order valence-electron chi connectivity index (χ2n) is 5.05. The Morgan fingerprint density at radius 3 is 2.41 bits per heavy atom. The molecular weight excluding hydrogens is 286 g/mol. The molecule has 0 unspecified atom stereocenters. The van der Waals surface area contributed by atoms with Crippen molar-refractivity contribution in [2.45, 2.75) is 12.8 Å². The summed E-state index contributed by atoms with van der Waals surface area (Å²) in [5, 5.41) is 12.0. The van der Waals surface area contributed by atoms with Crippen LogP contribution in [0.4, 0.5) is 5.69 Å². The van der Waals surface area contributed by atoms with Crippen LogP contribution in [0.5, 0.6) is 11.5 Å². The van der Waals surface area contributed by atoms with E-state index in [0.29, 0.717) is 30.0 Å². The molecule has 1 aliphatic carbocycles. The smallest absolute Gasteiger partial charge is 0.307 e. The van der Waals surface area contributed by atoms with Crippen molar-refractivity contribution in [2.75, 3.05) is 19.5 Å². The van der Waals surface area contributed by atoms with Gasteiger partial charge in [0.25, 0.3) is 0 Å². The summed E-state index contributed by atoms with van der Waals surface area (Å²) >= 11 is 0. The molecule has 0 bridgehead atoms. The number of amides is 1. The highest BCUT2D eigenvalue weighted by Gasteiger charge is 2.34. The predicted octanol–water partition coefficient (Wildman–Crippen LogP) is 2.31. The number of methoxy groups -OCH3 is 2. The Hall–Kier alpha value is -2.50. The molecule has 1 amide bonds. The van der Waals surface area contributed by atoms with Crippen LogP contribution in [0.2, 0.25) is 0 Å². The lowest BCUT2D eigenvalue weighted by Crippen LogP contribution is -2.34. The van der Waals surface area contributed by atoms with Crippen LogP contribution in [0, 0.1) is 11.8 Å². The first-order chi connectivity index (χ1) is 10.6. The highest BCUT2D eigenvalue weighted by Crippen LogP contribution is 2.32. The number of carbonyl (C=O) groups is 2. The van der Waals surface area contributed by atoms with E-state index in [1.165, 1.54) is 14.2 Å². The molecule has 0 saturated heterocycles. The molecule has 0 heterocycles. The maximum absolute atomic E-state index is 12.4. The number of carbonyl (C=O) groups excluding carboxylic acids is 1. The Morgan fingerprint density at radius 1 is 1.14 bits per heavy atom. The van der Waals surface area contributed by atoms with E-state index >= 15 is 0 Å². The molecule has 0 aromatic heterocycles. The number of carboxylic acids is 1. The molecule has 1 aromatic rings. The van der Waals surface area contributed by atoms with Crippen molar-refractivity contribution in [2.24, 2.45) is 11.8 Å². The van der Waals surface area contributed by atoms with Crippen LogP contribution >= 0.6 is 0 Å². The maximum atomic E-state index is 12.4. The molecule has 118 valence electrons. The van der Waals surface area contributed by atoms with Crippen LogP contribution in [0.15, 0.2) is 30.4 Å². The SMILES string of the molecule is COc1ccc(OC)c(NC(=O)[C@H]2CC=CC[C@@H]2C(=O)O)c1. The van der Waals surface area contributed by atoms with Crippen molar-refractivity contribution in [3.05, 3.63) is 30.4 Å². The molecule has 1 aromatic carbocycles. The van der Waals surface area contributed by atoms with Gasteiger partial charge >= 0.3 is 5.97 Å². The molecule has 22 heavy (non-hydrogen) atoms. The van der Waals surface area contributed by atoms with Gasteiger partial charge in [0, 0.05) is 6.07 Å². The minimum absolute atomic E-state index is 0.330. The van der Waals surface area contributed by atoms with E-state index in [0.717, 1.165) is 0 Å². The average Bonchev–Trinajstić information content (AvgIpc) is 2.54. The molecule has 0 fully saturated rings. The van der Waals surface area contributed by atoms with Gasteiger partial charge in [0.05, 0.1) is 31.7 Å². The van der Waals surface area contributed by atoms with Gasteiger partial charge in [-0.1, -0.05) is 12.2 Å². The lowest BCUT2D eigenvalue weighted by atomic mass is 9.82. The fourth-order valence-electron chi connectivity index (χ4n) is 2.51. The number of anilines is 1. The van der Waals surface area contributed by atoms with Crippen LogP contribution in [0.3, 0.4) is 0 Å². The molecule has 0 saturated carbocycles. The van der Waals surface area contributed by atoms with Crippen molar-refractivity contribution < 1.29 is 24.2 Å². The van der Waals surface area contributed by atoms with Gasteiger partial charge in [-0.2, -0.15) is 0 Å². The summed E-state index contributed by atoms with van der Waals surface area (Å²) in [4.78, 5) is 23.7. The molecule has 0 radical (unpaired) electrons. The van der Waals surface area contributed by atoms with Crippen molar-refractivity contribution in [1.29, 1.82) is 0 Å². The zero-order valence-electron chi connectivity index (χ0n) is 12.5. The summed E-state index contributed by atoms with van der Waals surface area (Å²) in [5.41, 5.74) is 0.463. The van der Waals surface area contributed by atoms with E-state index in [4.69, 9.17) is 9.47 Å². The molecule has 2 atom stereocenters. The van der Waals surface area contributed by atoms with Gasteiger partial charge in [0.15, 0.2) is 0 Å². The van der Waals surface area contributed by atoms with Crippen LogP contribution in [-0.2, 0) is 9.59 Å². The summed E-state index contributed by atoms with van der Waals surface area (Å²) < 4.78 is 10.3. The van der Waals surface area contributed by atoms with E-state index < -0.39 is 17.8 Å². The normalized spacial score (nSPS) is 20.3. The third kappa shape index (κ3) is 3.39. The Labute approximate surface area is 128 Å². The molecular formula is C16H19NO5. The third-order valence-electron chi connectivity index (χ3n) is 3.75. The Bertz CT molecular complexity index is 596. The van der Waals surface area contributed by atoms with Gasteiger partial charge < -0.3 is 19.9 Å². The minimum Gasteiger partial charge on any atom is -0.497 e. The van der Waals surface area contributed by atoms with Gasteiger partial charge in [0.1, 0.15) is 11.5 Å². The fraction of sp³-hybridized carbons (Fsp3) is 0.375. The van der Waals surface area contributed by atoms with Gasteiger partial charge in [-0.15, -0.1) is 0 Å². The summed E-state index contributed by atoms with van der Waals surface area (Å²) in [6.45, 7) is 0. The van der Waals surface area contributed by atoms with E-state index in [9.17, 15) is 14.7 Å². The van der Waals surface area contributed by atoms with Crippen LogP contribution in [0.1, 0.15) is 12.8 Å². The zero-order valence-corrected chi connectivity index (χ0v) is 12.5. The largest absolute Gasteiger partial charge is 0.497 e. The highest BCUT2D eigenvalue weighted by atomic mass is 16.5. The van der Waals surface area contributed by atoms with Crippen molar-refractivity contribution in [3.8, 4) is 11.5 Å². The van der Waals surface area contributed by atoms with Crippen LogP contribution in [-0.4, -0.2) is 31.2 Å². The minimum atomic E-state index is -0.956. The van der Waals surface area contributed by atoms with E-state index in [1.54, 1.807) is 24.3 Å². The second kappa shape index (κ2) is 6.98. The Balaban J connectivity index is 2.20. The first kappa shape index (κ1) is 15.9. The molecule has 6 heteroatoms. The maximum Gasteiger partial charge on any atom is 0.307 e.